The molecule has 3 atom stereocenters. The van der Waals surface area contributed by atoms with Crippen LogP contribution < -0.4 is 0 Å². The van der Waals surface area contributed by atoms with Gasteiger partial charge in [-0.25, -0.2) is 0 Å². The van der Waals surface area contributed by atoms with Crippen LogP contribution in [0.15, 0.2) is 24.5 Å². The summed E-state index contributed by atoms with van der Waals surface area (Å²) in [5.74, 6) is 0.846. The SMILES string of the molecule is CO[C@@]12CC[C@H](OCC3CC3)C[C@@H]1N(Cc1cccnc1)CC2. The first-order valence-corrected chi connectivity index (χ1v) is 9.09. The summed E-state index contributed by atoms with van der Waals surface area (Å²) in [4.78, 5) is 6.85. The summed E-state index contributed by atoms with van der Waals surface area (Å²) >= 11 is 0. The maximum absolute atomic E-state index is 6.21. The van der Waals surface area contributed by atoms with Crippen LogP contribution >= 0.6 is 0 Å². The van der Waals surface area contributed by atoms with Crippen molar-refractivity contribution in [3.63, 3.8) is 0 Å². The van der Waals surface area contributed by atoms with Crippen LogP contribution in [0.5, 0.6) is 0 Å². The summed E-state index contributed by atoms with van der Waals surface area (Å²) in [6.45, 7) is 3.06. The number of pyridine rings is 1. The molecule has 1 aliphatic heterocycles. The topological polar surface area (TPSA) is 34.6 Å². The van der Waals surface area contributed by atoms with Gasteiger partial charge < -0.3 is 9.47 Å². The maximum atomic E-state index is 6.21. The molecule has 1 aromatic rings. The minimum absolute atomic E-state index is 0.0433. The van der Waals surface area contributed by atoms with Crippen molar-refractivity contribution in [2.45, 2.75) is 62.8 Å². The molecule has 3 fully saturated rings. The Morgan fingerprint density at radius 2 is 2.22 bits per heavy atom. The number of methoxy groups -OCH3 is 1. The van der Waals surface area contributed by atoms with E-state index in [0.717, 1.165) is 51.3 Å². The van der Waals surface area contributed by atoms with Crippen molar-refractivity contribution in [1.82, 2.24) is 9.88 Å². The first kappa shape index (κ1) is 15.6. The van der Waals surface area contributed by atoms with E-state index in [-0.39, 0.29) is 5.60 Å². The number of aromatic nitrogens is 1. The predicted molar refractivity (Wildman–Crippen MR) is 89.1 cm³/mol. The van der Waals surface area contributed by atoms with Crippen molar-refractivity contribution >= 4 is 0 Å². The second kappa shape index (κ2) is 6.50. The molecule has 0 bridgehead atoms. The molecule has 2 saturated carbocycles. The van der Waals surface area contributed by atoms with E-state index in [2.05, 4.69) is 16.0 Å². The highest BCUT2D eigenvalue weighted by Crippen LogP contribution is 2.44. The fraction of sp³-hybridized carbons (Fsp3) is 0.737. The molecular weight excluding hydrogens is 288 g/mol. The van der Waals surface area contributed by atoms with Crippen LogP contribution in [0.1, 0.15) is 44.1 Å². The Hall–Kier alpha value is -0.970. The molecule has 126 valence electrons. The van der Waals surface area contributed by atoms with E-state index in [4.69, 9.17) is 9.47 Å². The van der Waals surface area contributed by atoms with Crippen molar-refractivity contribution in [3.05, 3.63) is 30.1 Å². The molecule has 4 heteroatoms. The third kappa shape index (κ3) is 3.30. The second-order valence-corrected chi connectivity index (χ2v) is 7.54. The average Bonchev–Trinajstić information content (AvgIpc) is 3.36. The lowest BCUT2D eigenvalue weighted by Crippen LogP contribution is -2.51. The largest absolute Gasteiger partial charge is 0.378 e. The first-order valence-electron chi connectivity index (χ1n) is 9.09. The maximum Gasteiger partial charge on any atom is 0.0847 e. The van der Waals surface area contributed by atoms with Crippen LogP contribution in [0.4, 0.5) is 0 Å². The normalized spacial score (nSPS) is 34.5. The molecule has 4 rings (SSSR count). The molecule has 1 aromatic heterocycles. The Morgan fingerprint density at radius 3 is 2.96 bits per heavy atom. The Morgan fingerprint density at radius 1 is 1.30 bits per heavy atom. The fourth-order valence-electron chi connectivity index (χ4n) is 4.38. The number of hydrogen-bond acceptors (Lipinski definition) is 4. The van der Waals surface area contributed by atoms with Crippen LogP contribution in [0.2, 0.25) is 0 Å². The third-order valence-electron chi connectivity index (χ3n) is 6.03. The standard InChI is InChI=1S/C19H28N2O2/c1-22-19-7-6-17(23-14-15-4-5-15)11-18(19)21(10-8-19)13-16-3-2-9-20-12-16/h2-3,9,12,15,17-18H,4-8,10-11,13-14H2,1H3/t17-,18-,19+/m0/s1. The number of nitrogens with zero attached hydrogens (tertiary/aromatic N) is 2. The van der Waals surface area contributed by atoms with Crippen LogP contribution in [-0.4, -0.2) is 47.9 Å². The van der Waals surface area contributed by atoms with Gasteiger partial charge in [-0.2, -0.15) is 0 Å². The summed E-state index contributed by atoms with van der Waals surface area (Å²) in [5.41, 5.74) is 1.34. The fourth-order valence-corrected chi connectivity index (χ4v) is 4.38. The predicted octanol–water partition coefficient (Wildman–Crippen LogP) is 3.02. The zero-order chi connectivity index (χ0) is 15.7. The number of rotatable bonds is 6. The number of fused-ring (bicyclic) bond motifs is 1. The zero-order valence-corrected chi connectivity index (χ0v) is 14.1. The van der Waals surface area contributed by atoms with Gasteiger partial charge in [-0.15, -0.1) is 0 Å². The summed E-state index contributed by atoms with van der Waals surface area (Å²) in [6, 6.07) is 4.67. The number of ether oxygens (including phenoxy) is 2. The van der Waals surface area contributed by atoms with Crippen molar-refractivity contribution in [1.29, 1.82) is 0 Å². The molecular formula is C19H28N2O2. The van der Waals surface area contributed by atoms with Crippen molar-refractivity contribution in [3.8, 4) is 0 Å². The van der Waals surface area contributed by atoms with Crippen LogP contribution in [0.25, 0.3) is 0 Å². The summed E-state index contributed by atoms with van der Waals surface area (Å²) in [5, 5.41) is 0. The minimum Gasteiger partial charge on any atom is -0.378 e. The lowest BCUT2D eigenvalue weighted by molar-refractivity contribution is -0.103. The molecule has 0 amide bonds. The highest BCUT2D eigenvalue weighted by Gasteiger charge is 2.51. The van der Waals surface area contributed by atoms with Gasteiger partial charge in [0.1, 0.15) is 0 Å². The molecule has 0 radical (unpaired) electrons. The van der Waals surface area contributed by atoms with Gasteiger partial charge in [-0.05, 0) is 56.1 Å². The van der Waals surface area contributed by atoms with Gasteiger partial charge in [0.2, 0.25) is 0 Å². The molecule has 0 N–H and O–H groups in total. The smallest absolute Gasteiger partial charge is 0.0847 e. The van der Waals surface area contributed by atoms with Crippen molar-refractivity contribution in [2.75, 3.05) is 20.3 Å². The molecule has 4 nitrogen and oxygen atoms in total. The summed E-state index contributed by atoms with van der Waals surface area (Å²) < 4.78 is 12.3. The molecule has 0 aromatic carbocycles. The van der Waals surface area contributed by atoms with Crippen molar-refractivity contribution < 1.29 is 9.47 Å². The van der Waals surface area contributed by atoms with Gasteiger partial charge in [0.25, 0.3) is 0 Å². The highest BCUT2D eigenvalue weighted by atomic mass is 16.5. The van der Waals surface area contributed by atoms with Crippen LogP contribution in [-0.2, 0) is 16.0 Å². The second-order valence-electron chi connectivity index (χ2n) is 7.54. The molecule has 23 heavy (non-hydrogen) atoms. The van der Waals surface area contributed by atoms with Crippen molar-refractivity contribution in [2.24, 2.45) is 5.92 Å². The highest BCUT2D eigenvalue weighted by molar-refractivity contribution is 5.12. The van der Waals surface area contributed by atoms with E-state index >= 15 is 0 Å². The van der Waals surface area contributed by atoms with Gasteiger partial charge in [0.15, 0.2) is 0 Å². The number of hydrogen-bond donors (Lipinski definition) is 0. The van der Waals surface area contributed by atoms with E-state index < -0.39 is 0 Å². The molecule has 0 spiro atoms. The molecule has 2 aliphatic carbocycles. The average molecular weight is 316 g/mol. The Bertz CT molecular complexity index is 519. The van der Waals surface area contributed by atoms with Gasteiger partial charge >= 0.3 is 0 Å². The van der Waals surface area contributed by atoms with Gasteiger partial charge in [0.05, 0.1) is 11.7 Å². The third-order valence-corrected chi connectivity index (χ3v) is 6.03. The van der Waals surface area contributed by atoms with E-state index in [0.29, 0.717) is 12.1 Å². The van der Waals surface area contributed by atoms with E-state index in [1.165, 1.54) is 18.4 Å². The Kier molecular flexibility index (Phi) is 4.39. The molecule has 1 saturated heterocycles. The Labute approximate surface area is 139 Å². The van der Waals surface area contributed by atoms with E-state index in [1.807, 2.05) is 25.6 Å². The van der Waals surface area contributed by atoms with E-state index in [9.17, 15) is 0 Å². The van der Waals surface area contributed by atoms with Gasteiger partial charge in [-0.3, -0.25) is 9.88 Å². The monoisotopic (exact) mass is 316 g/mol. The Balaban J connectivity index is 1.43. The molecule has 2 heterocycles. The quantitative estimate of drug-likeness (QED) is 0.808. The van der Waals surface area contributed by atoms with Crippen LogP contribution in [0.3, 0.4) is 0 Å². The first-order chi connectivity index (χ1) is 11.3. The van der Waals surface area contributed by atoms with E-state index in [1.54, 1.807) is 0 Å². The molecule has 0 unspecified atom stereocenters. The summed E-state index contributed by atoms with van der Waals surface area (Å²) in [7, 11) is 1.89. The number of likely N-dealkylation sites (tertiary alicyclic amines) is 1. The summed E-state index contributed by atoms with van der Waals surface area (Å²) in [6.07, 6.45) is 11.5. The minimum atomic E-state index is 0.0433. The van der Waals surface area contributed by atoms with Crippen LogP contribution in [0, 0.1) is 5.92 Å². The lowest BCUT2D eigenvalue weighted by atomic mass is 9.79. The van der Waals surface area contributed by atoms with Gasteiger partial charge in [-0.1, -0.05) is 6.07 Å². The lowest BCUT2D eigenvalue weighted by Gasteiger charge is -2.43. The van der Waals surface area contributed by atoms with Gasteiger partial charge in [0, 0.05) is 45.2 Å². The zero-order valence-electron chi connectivity index (χ0n) is 14.1. The molecule has 3 aliphatic rings.